The fraction of sp³-hybridized carbons (Fsp3) is 0.333. The Morgan fingerprint density at radius 3 is 2.86 bits per heavy atom. The molecule has 21 heavy (non-hydrogen) atoms. The van der Waals surface area contributed by atoms with Gasteiger partial charge < -0.3 is 15.7 Å². The molecule has 1 aromatic heterocycles. The van der Waals surface area contributed by atoms with Crippen molar-refractivity contribution in [3.63, 3.8) is 0 Å². The van der Waals surface area contributed by atoms with Gasteiger partial charge in [0.25, 0.3) is 5.91 Å². The number of benzene rings is 1. The van der Waals surface area contributed by atoms with Crippen LogP contribution in [0, 0.1) is 5.92 Å². The first-order chi connectivity index (χ1) is 10.2. The molecule has 0 bridgehead atoms. The Balaban J connectivity index is 1.62. The summed E-state index contributed by atoms with van der Waals surface area (Å²) in [4.78, 5) is 12.1. The predicted molar refractivity (Wildman–Crippen MR) is 78.3 cm³/mol. The zero-order chi connectivity index (χ0) is 14.7. The van der Waals surface area contributed by atoms with Crippen LogP contribution in [0.25, 0.3) is 5.69 Å². The van der Waals surface area contributed by atoms with Crippen LogP contribution in [0.5, 0.6) is 0 Å². The lowest BCUT2D eigenvalue weighted by atomic mass is 10.1. The summed E-state index contributed by atoms with van der Waals surface area (Å²) in [6.07, 6.45) is 1.36. The van der Waals surface area contributed by atoms with Gasteiger partial charge in [0.05, 0.1) is 11.8 Å². The molecule has 1 fully saturated rings. The second kappa shape index (κ2) is 6.07. The summed E-state index contributed by atoms with van der Waals surface area (Å²) in [6, 6.07) is 11.3. The van der Waals surface area contributed by atoms with Crippen LogP contribution < -0.4 is 10.6 Å². The third kappa shape index (κ3) is 3.12. The quantitative estimate of drug-likeness (QED) is 0.749. The summed E-state index contributed by atoms with van der Waals surface area (Å²) in [5.41, 5.74) is 1.28. The lowest BCUT2D eigenvalue weighted by Gasteiger charge is -2.13. The Kier molecular flexibility index (Phi) is 3.98. The molecule has 110 valence electrons. The predicted octanol–water partition coefficient (Wildman–Crippen LogP) is 0.182. The lowest BCUT2D eigenvalue weighted by molar-refractivity contribution is 0.0921. The van der Waals surface area contributed by atoms with Crippen molar-refractivity contribution in [2.75, 3.05) is 19.6 Å². The summed E-state index contributed by atoms with van der Waals surface area (Å²) < 4.78 is 1.67. The molecule has 0 radical (unpaired) electrons. The smallest absolute Gasteiger partial charge is 0.271 e. The molecule has 2 aromatic rings. The fourth-order valence-electron chi connectivity index (χ4n) is 2.41. The van der Waals surface area contributed by atoms with Crippen molar-refractivity contribution in [2.45, 2.75) is 6.10 Å². The summed E-state index contributed by atoms with van der Waals surface area (Å²) in [5, 5.41) is 19.9. The van der Waals surface area contributed by atoms with E-state index in [1.165, 1.54) is 0 Å². The first-order valence-corrected chi connectivity index (χ1v) is 7.02. The standard InChI is InChI=1S/C15H18N4O2/c20-14-10-16-8-11(14)9-17-15(21)13-6-7-19(18-13)12-4-2-1-3-5-12/h1-7,11,14,16,20H,8-10H2,(H,17,21). The van der Waals surface area contributed by atoms with Crippen LogP contribution in [-0.2, 0) is 0 Å². The van der Waals surface area contributed by atoms with Crippen LogP contribution in [0.3, 0.4) is 0 Å². The maximum atomic E-state index is 12.1. The molecule has 6 heteroatoms. The Labute approximate surface area is 122 Å². The molecule has 1 saturated heterocycles. The SMILES string of the molecule is O=C(NCC1CNCC1O)c1ccn(-c2ccccc2)n1. The number of β-amino-alcohol motifs (C(OH)–C–C–N with tert-alkyl or cyclic N) is 1. The van der Waals surface area contributed by atoms with E-state index in [2.05, 4.69) is 15.7 Å². The molecule has 0 saturated carbocycles. The number of rotatable bonds is 4. The number of aliphatic hydroxyl groups excluding tert-OH is 1. The van der Waals surface area contributed by atoms with Crippen molar-refractivity contribution in [1.29, 1.82) is 0 Å². The number of hydrogen-bond acceptors (Lipinski definition) is 4. The van der Waals surface area contributed by atoms with Crippen molar-refractivity contribution in [1.82, 2.24) is 20.4 Å². The van der Waals surface area contributed by atoms with E-state index < -0.39 is 6.10 Å². The van der Waals surface area contributed by atoms with Crippen LogP contribution >= 0.6 is 0 Å². The number of nitrogens with zero attached hydrogens (tertiary/aromatic N) is 2. The van der Waals surface area contributed by atoms with Crippen molar-refractivity contribution in [2.24, 2.45) is 5.92 Å². The molecule has 0 aliphatic carbocycles. The minimum atomic E-state index is -0.396. The number of carbonyl (C=O) groups is 1. The minimum absolute atomic E-state index is 0.0603. The average Bonchev–Trinajstić information content (AvgIpc) is 3.15. The zero-order valence-electron chi connectivity index (χ0n) is 11.6. The fourth-order valence-corrected chi connectivity index (χ4v) is 2.41. The monoisotopic (exact) mass is 286 g/mol. The highest BCUT2D eigenvalue weighted by molar-refractivity contribution is 5.92. The molecule has 3 rings (SSSR count). The first kappa shape index (κ1) is 13.8. The molecule has 1 amide bonds. The second-order valence-electron chi connectivity index (χ2n) is 5.18. The first-order valence-electron chi connectivity index (χ1n) is 7.02. The number of hydrogen-bond donors (Lipinski definition) is 3. The number of para-hydroxylation sites is 1. The van der Waals surface area contributed by atoms with Gasteiger partial charge in [-0.05, 0) is 18.2 Å². The highest BCUT2D eigenvalue weighted by Crippen LogP contribution is 2.09. The van der Waals surface area contributed by atoms with Crippen molar-refractivity contribution in [3.05, 3.63) is 48.3 Å². The van der Waals surface area contributed by atoms with E-state index in [-0.39, 0.29) is 11.8 Å². The number of aliphatic hydroxyl groups is 1. The van der Waals surface area contributed by atoms with Gasteiger partial charge in [0.1, 0.15) is 0 Å². The molecule has 2 atom stereocenters. The van der Waals surface area contributed by atoms with Gasteiger partial charge in [0, 0.05) is 31.7 Å². The van der Waals surface area contributed by atoms with Gasteiger partial charge in [0.2, 0.25) is 0 Å². The van der Waals surface area contributed by atoms with E-state index >= 15 is 0 Å². The van der Waals surface area contributed by atoms with Crippen LogP contribution in [0.2, 0.25) is 0 Å². The molecule has 6 nitrogen and oxygen atoms in total. The van der Waals surface area contributed by atoms with Gasteiger partial charge in [-0.25, -0.2) is 4.68 Å². The Bertz CT molecular complexity index is 611. The minimum Gasteiger partial charge on any atom is -0.391 e. The van der Waals surface area contributed by atoms with E-state index in [1.807, 2.05) is 30.3 Å². The molecule has 0 spiro atoms. The molecular weight excluding hydrogens is 268 g/mol. The zero-order valence-corrected chi connectivity index (χ0v) is 11.6. The molecule has 3 N–H and O–H groups in total. The topological polar surface area (TPSA) is 79.2 Å². The Hall–Kier alpha value is -2.18. The van der Waals surface area contributed by atoms with Gasteiger partial charge in [-0.3, -0.25) is 4.79 Å². The maximum Gasteiger partial charge on any atom is 0.271 e. The van der Waals surface area contributed by atoms with E-state index in [0.717, 1.165) is 12.2 Å². The maximum absolute atomic E-state index is 12.1. The Morgan fingerprint density at radius 1 is 1.33 bits per heavy atom. The number of carbonyl (C=O) groups excluding carboxylic acids is 1. The van der Waals surface area contributed by atoms with Gasteiger partial charge in [-0.2, -0.15) is 5.10 Å². The van der Waals surface area contributed by atoms with E-state index in [4.69, 9.17) is 0 Å². The highest BCUT2D eigenvalue weighted by Gasteiger charge is 2.25. The van der Waals surface area contributed by atoms with E-state index in [0.29, 0.717) is 18.8 Å². The highest BCUT2D eigenvalue weighted by atomic mass is 16.3. The summed E-state index contributed by atoms with van der Waals surface area (Å²) in [5.74, 6) is -0.158. The second-order valence-corrected chi connectivity index (χ2v) is 5.18. The lowest BCUT2D eigenvalue weighted by Crippen LogP contribution is -2.34. The van der Waals surface area contributed by atoms with Gasteiger partial charge in [-0.15, -0.1) is 0 Å². The van der Waals surface area contributed by atoms with Crippen molar-refractivity contribution < 1.29 is 9.90 Å². The van der Waals surface area contributed by atoms with Crippen LogP contribution in [0.1, 0.15) is 10.5 Å². The van der Waals surface area contributed by atoms with Gasteiger partial charge >= 0.3 is 0 Å². The number of nitrogens with one attached hydrogen (secondary N) is 2. The van der Waals surface area contributed by atoms with E-state index in [9.17, 15) is 9.90 Å². The third-order valence-electron chi connectivity index (χ3n) is 3.67. The summed E-state index contributed by atoms with van der Waals surface area (Å²) >= 11 is 0. The molecule has 1 aromatic carbocycles. The third-order valence-corrected chi connectivity index (χ3v) is 3.67. The van der Waals surface area contributed by atoms with Gasteiger partial charge in [0.15, 0.2) is 5.69 Å². The van der Waals surface area contributed by atoms with E-state index in [1.54, 1.807) is 16.9 Å². The molecular formula is C15H18N4O2. The molecule has 1 aliphatic rings. The van der Waals surface area contributed by atoms with Crippen molar-refractivity contribution in [3.8, 4) is 5.69 Å². The number of aromatic nitrogens is 2. The largest absolute Gasteiger partial charge is 0.391 e. The Morgan fingerprint density at radius 2 is 2.14 bits per heavy atom. The molecule has 2 heterocycles. The summed E-state index contributed by atoms with van der Waals surface area (Å²) in [7, 11) is 0. The van der Waals surface area contributed by atoms with Crippen molar-refractivity contribution >= 4 is 5.91 Å². The summed E-state index contributed by atoms with van der Waals surface area (Å²) in [6.45, 7) is 1.76. The van der Waals surface area contributed by atoms with Crippen LogP contribution in [0.4, 0.5) is 0 Å². The number of amides is 1. The van der Waals surface area contributed by atoms with Crippen LogP contribution in [-0.4, -0.2) is 46.5 Å². The van der Waals surface area contributed by atoms with Gasteiger partial charge in [-0.1, -0.05) is 18.2 Å². The average molecular weight is 286 g/mol. The van der Waals surface area contributed by atoms with Crippen LogP contribution in [0.15, 0.2) is 42.6 Å². The molecule has 2 unspecified atom stereocenters. The normalized spacial score (nSPS) is 21.4. The molecule has 1 aliphatic heterocycles.